The van der Waals surface area contributed by atoms with Crippen LogP contribution >= 0.6 is 0 Å². The summed E-state index contributed by atoms with van der Waals surface area (Å²) in [4.78, 5) is 0. The molecule has 0 heterocycles. The van der Waals surface area contributed by atoms with Gasteiger partial charge in [-0.1, -0.05) is 51.7 Å². The first-order valence-electron chi connectivity index (χ1n) is 5.63. The molecule has 84 valence electrons. The lowest BCUT2D eigenvalue weighted by molar-refractivity contribution is 0.785. The van der Waals surface area contributed by atoms with Gasteiger partial charge in [0.2, 0.25) is 0 Å². The molecule has 0 aliphatic carbocycles. The summed E-state index contributed by atoms with van der Waals surface area (Å²) in [5, 5.41) is 0. The van der Waals surface area contributed by atoms with Gasteiger partial charge >= 0.3 is 0 Å². The normalized spacial score (nSPS) is 13.2. The summed E-state index contributed by atoms with van der Waals surface area (Å²) in [6.07, 6.45) is 5.46. The molecule has 0 aromatic heterocycles. The van der Waals surface area contributed by atoms with E-state index in [2.05, 4.69) is 53.0 Å². The van der Waals surface area contributed by atoms with Crippen molar-refractivity contribution in [1.29, 1.82) is 0 Å². The van der Waals surface area contributed by atoms with Gasteiger partial charge in [0.15, 0.2) is 0 Å². The monoisotopic (exact) mass is 204 g/mol. The minimum absolute atomic E-state index is 0.497. The predicted octanol–water partition coefficient (Wildman–Crippen LogP) is 5.06. The zero-order valence-electron chi connectivity index (χ0n) is 10.9. The summed E-state index contributed by atoms with van der Waals surface area (Å²) in [7, 11) is 0. The molecule has 0 aliphatic rings. The molecular formula is C15H24. The SMILES string of the molecule is C=C(C)/C(C)=C/C(=C\CC)C(=C)C(C)C. The summed E-state index contributed by atoms with van der Waals surface area (Å²) in [6, 6.07) is 0. The van der Waals surface area contributed by atoms with Crippen LogP contribution in [0.15, 0.2) is 47.6 Å². The molecule has 0 spiro atoms. The lowest BCUT2D eigenvalue weighted by Crippen LogP contribution is -1.95. The number of hydrogen-bond donors (Lipinski definition) is 0. The van der Waals surface area contributed by atoms with E-state index in [9.17, 15) is 0 Å². The summed E-state index contributed by atoms with van der Waals surface area (Å²) < 4.78 is 0. The van der Waals surface area contributed by atoms with Crippen molar-refractivity contribution >= 4 is 0 Å². The molecule has 0 N–H and O–H groups in total. The number of hydrogen-bond acceptors (Lipinski definition) is 0. The van der Waals surface area contributed by atoms with E-state index in [1.807, 2.05) is 6.92 Å². The van der Waals surface area contributed by atoms with Crippen LogP contribution in [0.25, 0.3) is 0 Å². The van der Waals surface area contributed by atoms with Gasteiger partial charge in [-0.2, -0.15) is 0 Å². The van der Waals surface area contributed by atoms with Gasteiger partial charge in [0.05, 0.1) is 0 Å². The Balaban J connectivity index is 5.02. The minimum Gasteiger partial charge on any atom is -0.0958 e. The second kappa shape index (κ2) is 6.44. The van der Waals surface area contributed by atoms with Crippen LogP contribution in [0.1, 0.15) is 41.0 Å². The highest BCUT2D eigenvalue weighted by atomic mass is 14.1. The molecule has 0 aliphatic heterocycles. The molecule has 0 saturated carbocycles. The first-order chi connectivity index (χ1) is 6.90. The Labute approximate surface area is 95.1 Å². The maximum atomic E-state index is 4.14. The molecule has 0 unspecified atom stereocenters. The summed E-state index contributed by atoms with van der Waals surface area (Å²) in [6.45, 7) is 18.7. The third-order valence-corrected chi connectivity index (χ3v) is 2.54. The van der Waals surface area contributed by atoms with Crippen molar-refractivity contribution in [3.63, 3.8) is 0 Å². The molecule has 15 heavy (non-hydrogen) atoms. The summed E-state index contributed by atoms with van der Waals surface area (Å²) >= 11 is 0. The van der Waals surface area contributed by atoms with Gasteiger partial charge in [-0.25, -0.2) is 0 Å². The van der Waals surface area contributed by atoms with Gasteiger partial charge in [-0.05, 0) is 42.9 Å². The maximum Gasteiger partial charge on any atom is -0.0219 e. The average molecular weight is 204 g/mol. The molecule has 0 heteroatoms. The van der Waals surface area contributed by atoms with Crippen LogP contribution in [-0.4, -0.2) is 0 Å². The largest absolute Gasteiger partial charge is 0.0958 e. The fourth-order valence-corrected chi connectivity index (χ4v) is 1.19. The van der Waals surface area contributed by atoms with Crippen LogP contribution in [0, 0.1) is 5.92 Å². The van der Waals surface area contributed by atoms with Crippen molar-refractivity contribution in [1.82, 2.24) is 0 Å². The van der Waals surface area contributed by atoms with E-state index in [1.165, 1.54) is 16.7 Å². The number of rotatable bonds is 5. The van der Waals surface area contributed by atoms with Crippen molar-refractivity contribution in [3.05, 3.63) is 47.6 Å². The van der Waals surface area contributed by atoms with Crippen molar-refractivity contribution in [2.75, 3.05) is 0 Å². The molecule has 0 aromatic carbocycles. The Morgan fingerprint density at radius 2 is 1.73 bits per heavy atom. The van der Waals surface area contributed by atoms with Gasteiger partial charge in [0.25, 0.3) is 0 Å². The molecule has 0 amide bonds. The lowest BCUT2D eigenvalue weighted by atomic mass is 9.93. The minimum atomic E-state index is 0.497. The van der Waals surface area contributed by atoms with E-state index in [0.717, 1.165) is 12.0 Å². The van der Waals surface area contributed by atoms with E-state index in [1.54, 1.807) is 0 Å². The summed E-state index contributed by atoms with van der Waals surface area (Å²) in [5.74, 6) is 0.497. The zero-order valence-corrected chi connectivity index (χ0v) is 10.9. The van der Waals surface area contributed by atoms with E-state index >= 15 is 0 Å². The van der Waals surface area contributed by atoms with Crippen molar-refractivity contribution in [2.45, 2.75) is 41.0 Å². The molecule has 0 bridgehead atoms. The summed E-state index contributed by atoms with van der Waals surface area (Å²) in [5.41, 5.74) is 4.82. The highest BCUT2D eigenvalue weighted by molar-refractivity contribution is 5.44. The Morgan fingerprint density at radius 1 is 1.20 bits per heavy atom. The Hall–Kier alpha value is -1.04. The number of allylic oxidation sites excluding steroid dienone is 6. The van der Waals surface area contributed by atoms with Crippen LogP contribution in [-0.2, 0) is 0 Å². The quantitative estimate of drug-likeness (QED) is 0.549. The van der Waals surface area contributed by atoms with Gasteiger partial charge in [-0.3, -0.25) is 0 Å². The second-order valence-electron chi connectivity index (χ2n) is 4.36. The average Bonchev–Trinajstić information content (AvgIpc) is 2.15. The lowest BCUT2D eigenvalue weighted by Gasteiger charge is -2.12. The first kappa shape index (κ1) is 14.0. The van der Waals surface area contributed by atoms with Gasteiger partial charge in [-0.15, -0.1) is 0 Å². The second-order valence-corrected chi connectivity index (χ2v) is 4.36. The van der Waals surface area contributed by atoms with E-state index in [-0.39, 0.29) is 0 Å². The standard InChI is InChI=1S/C15H24/c1-8-9-15(14(7)12(4)5)10-13(6)11(2)3/h9-10,12H,2,7-8H2,1,3-6H3/b13-10+,15-9+. The molecular weight excluding hydrogens is 180 g/mol. The van der Waals surface area contributed by atoms with Gasteiger partial charge < -0.3 is 0 Å². The Morgan fingerprint density at radius 3 is 2.07 bits per heavy atom. The zero-order chi connectivity index (χ0) is 12.0. The topological polar surface area (TPSA) is 0 Å². The molecule has 0 rings (SSSR count). The molecule has 0 nitrogen and oxygen atoms in total. The highest BCUT2D eigenvalue weighted by Crippen LogP contribution is 2.21. The third-order valence-electron chi connectivity index (χ3n) is 2.54. The van der Waals surface area contributed by atoms with E-state index in [0.29, 0.717) is 5.92 Å². The highest BCUT2D eigenvalue weighted by Gasteiger charge is 2.04. The fourth-order valence-electron chi connectivity index (χ4n) is 1.19. The molecule has 0 aromatic rings. The van der Waals surface area contributed by atoms with Crippen molar-refractivity contribution in [2.24, 2.45) is 5.92 Å². The third kappa shape index (κ3) is 4.83. The van der Waals surface area contributed by atoms with Crippen LogP contribution < -0.4 is 0 Å². The Bertz CT molecular complexity index is 298. The fraction of sp³-hybridized carbons (Fsp3) is 0.467. The molecule has 0 radical (unpaired) electrons. The Kier molecular flexibility index (Phi) is 6.00. The molecule has 0 fully saturated rings. The van der Waals surface area contributed by atoms with E-state index < -0.39 is 0 Å². The van der Waals surface area contributed by atoms with E-state index in [4.69, 9.17) is 0 Å². The van der Waals surface area contributed by atoms with Crippen molar-refractivity contribution < 1.29 is 0 Å². The van der Waals surface area contributed by atoms with Gasteiger partial charge in [0.1, 0.15) is 0 Å². The molecule has 0 atom stereocenters. The predicted molar refractivity (Wildman–Crippen MR) is 70.9 cm³/mol. The van der Waals surface area contributed by atoms with Gasteiger partial charge in [0, 0.05) is 0 Å². The van der Waals surface area contributed by atoms with Crippen LogP contribution in [0.3, 0.4) is 0 Å². The van der Waals surface area contributed by atoms with Crippen LogP contribution in [0.4, 0.5) is 0 Å². The van der Waals surface area contributed by atoms with Crippen LogP contribution in [0.2, 0.25) is 0 Å². The van der Waals surface area contributed by atoms with Crippen LogP contribution in [0.5, 0.6) is 0 Å². The maximum absolute atomic E-state index is 4.14. The molecule has 0 saturated heterocycles. The first-order valence-corrected chi connectivity index (χ1v) is 5.63. The smallest absolute Gasteiger partial charge is 0.0219 e. The van der Waals surface area contributed by atoms with Crippen molar-refractivity contribution in [3.8, 4) is 0 Å².